The molecule has 0 spiro atoms. The molecule has 34 heavy (non-hydrogen) atoms. The van der Waals surface area contributed by atoms with Gasteiger partial charge in [0.05, 0.1) is 26.3 Å². The van der Waals surface area contributed by atoms with Crippen LogP contribution in [0.3, 0.4) is 0 Å². The summed E-state index contributed by atoms with van der Waals surface area (Å²) in [6.45, 7) is 6.62. The highest BCUT2D eigenvalue weighted by Crippen LogP contribution is 2.39. The number of aliphatic carboxylic acids is 1. The molecule has 0 aliphatic heterocycles. The van der Waals surface area contributed by atoms with Crippen LogP contribution in [0.25, 0.3) is 10.1 Å². The number of rotatable bonds is 10. The number of alkyl halides is 3. The molecule has 0 radical (unpaired) electrons. The van der Waals surface area contributed by atoms with Gasteiger partial charge in [-0.15, -0.1) is 11.3 Å². The minimum Gasteiger partial charge on any atom is -0.542 e. The molecule has 10 N–H and O–H groups in total. The summed E-state index contributed by atoms with van der Waals surface area (Å²) in [5, 5.41) is 9.98. The largest absolute Gasteiger partial charge is 0.542 e. The highest BCUT2D eigenvalue weighted by atomic mass is 32.1. The number of hydrogen-bond acceptors (Lipinski definition) is 5. The Morgan fingerprint density at radius 3 is 1.82 bits per heavy atom. The molecular formula is C20H30F3N6O4S+. The van der Waals surface area contributed by atoms with Crippen LogP contribution in [0.4, 0.5) is 13.2 Å². The van der Waals surface area contributed by atoms with Gasteiger partial charge in [-0.3, -0.25) is 32.9 Å². The molecule has 0 atom stereocenters. The lowest BCUT2D eigenvalue weighted by Gasteiger charge is -2.13. The van der Waals surface area contributed by atoms with E-state index in [0.717, 1.165) is 24.3 Å². The maximum Gasteiger partial charge on any atom is 0.430 e. The van der Waals surface area contributed by atoms with Crippen LogP contribution in [0.1, 0.15) is 23.3 Å². The fourth-order valence-corrected chi connectivity index (χ4v) is 3.63. The van der Waals surface area contributed by atoms with E-state index in [1.165, 1.54) is 20.5 Å². The molecule has 1 heterocycles. The average molecular weight is 508 g/mol. The van der Waals surface area contributed by atoms with E-state index in [0.29, 0.717) is 26.3 Å². The fourth-order valence-electron chi connectivity index (χ4n) is 2.55. The Hall–Kier alpha value is -3.42. The van der Waals surface area contributed by atoms with E-state index in [4.69, 9.17) is 42.3 Å². The quantitative estimate of drug-likeness (QED) is 0.112. The van der Waals surface area contributed by atoms with E-state index in [1.807, 2.05) is 0 Å². The number of nitrogens with two attached hydrogens (primary N) is 4. The van der Waals surface area contributed by atoms with Crippen molar-refractivity contribution in [3.63, 3.8) is 0 Å². The number of fused-ring (bicyclic) bond motifs is 1. The second-order valence-corrected chi connectivity index (χ2v) is 8.29. The van der Waals surface area contributed by atoms with Gasteiger partial charge in [0.2, 0.25) is 0 Å². The summed E-state index contributed by atoms with van der Waals surface area (Å²) in [5.74, 6) is -1.09. The Bertz CT molecular complexity index is 1020. The molecule has 1 aromatic carbocycles. The zero-order valence-corrected chi connectivity index (χ0v) is 19.7. The first-order valence-corrected chi connectivity index (χ1v) is 11.0. The van der Waals surface area contributed by atoms with Gasteiger partial charge in [-0.1, -0.05) is 0 Å². The maximum absolute atomic E-state index is 10.5. The van der Waals surface area contributed by atoms with Crippen LogP contribution in [0.15, 0.2) is 12.1 Å². The molecule has 190 valence electrons. The van der Waals surface area contributed by atoms with Crippen molar-refractivity contribution in [3.05, 3.63) is 22.6 Å². The Morgan fingerprint density at radius 2 is 1.41 bits per heavy atom. The Kier molecular flexibility index (Phi) is 11.2. The first kappa shape index (κ1) is 28.6. The number of benzene rings is 1. The van der Waals surface area contributed by atoms with Crippen LogP contribution >= 0.6 is 11.3 Å². The summed E-state index contributed by atoms with van der Waals surface area (Å²) >= 11 is 1.76. The highest BCUT2D eigenvalue weighted by molar-refractivity contribution is 7.19. The van der Waals surface area contributed by atoms with Crippen LogP contribution < -0.4 is 47.5 Å². The zero-order chi connectivity index (χ0) is 25.9. The number of thiophene rings is 1. The monoisotopic (exact) mass is 507 g/mol. The molecule has 2 aromatic rings. The van der Waals surface area contributed by atoms with Crippen molar-refractivity contribution in [3.8, 4) is 11.5 Å². The molecule has 14 heteroatoms. The minimum atomic E-state index is -5.19. The first-order chi connectivity index (χ1) is 15.8. The number of halogens is 3. The first-order valence-electron chi connectivity index (χ1n) is 10.1. The van der Waals surface area contributed by atoms with Crippen molar-refractivity contribution in [2.24, 2.45) is 22.9 Å². The number of hydrogen-bond donors (Lipinski definition) is 6. The molecule has 0 unspecified atom stereocenters. The molecule has 1 aromatic heterocycles. The van der Waals surface area contributed by atoms with Gasteiger partial charge < -0.3 is 19.4 Å². The number of carbonyl (C=O) groups is 1. The maximum atomic E-state index is 10.5. The van der Waals surface area contributed by atoms with Crippen molar-refractivity contribution in [1.82, 2.24) is 0 Å². The number of carbonyl (C=O) groups excluding carboxylic acids is 1. The summed E-state index contributed by atoms with van der Waals surface area (Å²) < 4.78 is 44.7. The van der Waals surface area contributed by atoms with Gasteiger partial charge in [0.25, 0.3) is 0 Å². The average Bonchev–Trinajstić information content (AvgIpc) is 2.99. The second-order valence-electron chi connectivity index (χ2n) is 7.03. The van der Waals surface area contributed by atoms with Gasteiger partial charge in [-0.05, 0) is 30.9 Å². The second kappa shape index (κ2) is 13.3. The number of aryl methyl sites for hydroxylation is 2. The molecule has 2 rings (SSSR count). The van der Waals surface area contributed by atoms with Gasteiger partial charge in [-0.25, -0.2) is 0 Å². The van der Waals surface area contributed by atoms with Crippen LogP contribution in [0, 0.1) is 13.8 Å². The Labute approximate surface area is 198 Å². The Balaban J connectivity index is 0.000000718. The van der Waals surface area contributed by atoms with Crippen LogP contribution in [-0.2, 0) is 4.79 Å². The van der Waals surface area contributed by atoms with Gasteiger partial charge in [0, 0.05) is 28.5 Å². The lowest BCUT2D eigenvalue weighted by atomic mass is 10.1. The zero-order valence-electron chi connectivity index (χ0n) is 18.9. The normalized spacial score (nSPS) is 10.7. The molecule has 0 saturated carbocycles. The van der Waals surface area contributed by atoms with Crippen LogP contribution in [0.2, 0.25) is 0 Å². The summed E-state index contributed by atoms with van der Waals surface area (Å²) in [6.07, 6.45) is -3.65. The predicted octanol–water partition coefficient (Wildman–Crippen LogP) is -2.94. The standard InChI is InChI=1S/C18H28N6O2S.C2HF3O2/c1-11-12(2)27-16-10-15(26-8-4-6-24-18(21)22)14(9-13(11)16)25-7-3-5-23-17(19)20;3-2(4,5)1(6)7/h9-10H,3-8H2,1-2H3,(H4,19,20,23)(H4,21,22,24);(H,6,7)/p+1. The lowest BCUT2D eigenvalue weighted by Crippen LogP contribution is -2.78. The van der Waals surface area contributed by atoms with Gasteiger partial charge in [0.15, 0.2) is 11.5 Å². The van der Waals surface area contributed by atoms with Gasteiger partial charge in [0.1, 0.15) is 5.97 Å². The third-order valence-corrected chi connectivity index (χ3v) is 5.46. The lowest BCUT2D eigenvalue weighted by molar-refractivity contribution is -0.460. The third kappa shape index (κ3) is 10.0. The fraction of sp³-hybridized carbons (Fsp3) is 0.450. The number of carboxylic acids is 1. The minimum absolute atomic E-state index is 0.216. The molecule has 0 saturated heterocycles. The summed E-state index contributed by atoms with van der Waals surface area (Å²) in [4.78, 5) is 15.8. The summed E-state index contributed by atoms with van der Waals surface area (Å²) in [5.41, 5.74) is 22.8. The Morgan fingerprint density at radius 1 is 0.971 bits per heavy atom. The van der Waals surface area contributed by atoms with E-state index < -0.39 is 12.1 Å². The molecule has 0 amide bonds. The molecular weight excluding hydrogens is 477 g/mol. The smallest absolute Gasteiger partial charge is 0.430 e. The molecule has 0 aliphatic rings. The van der Waals surface area contributed by atoms with Crippen molar-refractivity contribution in [2.75, 3.05) is 26.3 Å². The number of nitrogens with one attached hydrogen (secondary N) is 2. The van der Waals surface area contributed by atoms with Crippen LogP contribution in [-0.4, -0.2) is 50.4 Å². The van der Waals surface area contributed by atoms with Crippen molar-refractivity contribution >= 4 is 39.3 Å². The number of carboxylic acid groups (broad SMARTS) is 1. The predicted molar refractivity (Wildman–Crippen MR) is 121 cm³/mol. The SMILES string of the molecule is Cc1sc2cc(OCCC[NH+]=C(N)N)c(OCCC[NH+]=C(N)N)cc2c1C.O=C([O-])C(F)(F)F. The number of guanidine groups is 2. The molecule has 10 nitrogen and oxygen atoms in total. The van der Waals surface area contributed by atoms with Gasteiger partial charge >= 0.3 is 18.1 Å². The van der Waals surface area contributed by atoms with Crippen LogP contribution in [0.5, 0.6) is 11.5 Å². The topological polar surface area (TPSA) is 191 Å². The van der Waals surface area contributed by atoms with E-state index >= 15 is 0 Å². The highest BCUT2D eigenvalue weighted by Gasteiger charge is 2.28. The van der Waals surface area contributed by atoms with E-state index in [9.17, 15) is 13.2 Å². The molecule has 0 fully saturated rings. The summed E-state index contributed by atoms with van der Waals surface area (Å²) in [6, 6.07) is 4.11. The van der Waals surface area contributed by atoms with Crippen molar-refractivity contribution in [1.29, 1.82) is 0 Å². The molecule has 0 aliphatic carbocycles. The number of ether oxygens (including phenoxy) is 2. The van der Waals surface area contributed by atoms with Crippen molar-refractivity contribution < 1.29 is 42.5 Å². The van der Waals surface area contributed by atoms with E-state index in [-0.39, 0.29) is 11.9 Å². The third-order valence-electron chi connectivity index (χ3n) is 4.29. The van der Waals surface area contributed by atoms with E-state index in [1.54, 1.807) is 11.3 Å². The van der Waals surface area contributed by atoms with Gasteiger partial charge in [-0.2, -0.15) is 13.2 Å². The summed E-state index contributed by atoms with van der Waals surface area (Å²) in [7, 11) is 0. The molecule has 0 bridgehead atoms. The van der Waals surface area contributed by atoms with E-state index in [2.05, 4.69) is 36.0 Å². The van der Waals surface area contributed by atoms with Crippen molar-refractivity contribution in [2.45, 2.75) is 32.9 Å².